The van der Waals surface area contributed by atoms with Gasteiger partial charge in [-0.05, 0) is 47.5 Å². The molecule has 3 aromatic carbocycles. The van der Waals surface area contributed by atoms with Gasteiger partial charge >= 0.3 is 0 Å². The minimum Gasteiger partial charge on any atom is -0.494 e. The van der Waals surface area contributed by atoms with Gasteiger partial charge in [-0.15, -0.1) is 0 Å². The molecule has 0 N–H and O–H groups in total. The zero-order chi connectivity index (χ0) is 21.9. The Morgan fingerprint density at radius 3 is 2.44 bits per heavy atom. The van der Waals surface area contributed by atoms with Gasteiger partial charge in [0.05, 0.1) is 24.6 Å². The van der Waals surface area contributed by atoms with E-state index in [-0.39, 0.29) is 12.5 Å². The number of benzene rings is 3. The van der Waals surface area contributed by atoms with E-state index in [9.17, 15) is 4.79 Å². The summed E-state index contributed by atoms with van der Waals surface area (Å²) in [6, 6.07) is 27.2. The van der Waals surface area contributed by atoms with E-state index >= 15 is 0 Å². The Bertz CT molecular complexity index is 1340. The van der Waals surface area contributed by atoms with Gasteiger partial charge in [0.15, 0.2) is 5.13 Å². The van der Waals surface area contributed by atoms with Gasteiger partial charge in [-0.25, -0.2) is 4.98 Å². The highest BCUT2D eigenvalue weighted by molar-refractivity contribution is 7.22. The molecule has 2 aromatic heterocycles. The highest BCUT2D eigenvalue weighted by atomic mass is 32.1. The van der Waals surface area contributed by atoms with Crippen LogP contribution >= 0.6 is 11.3 Å². The Balaban J connectivity index is 1.51. The lowest BCUT2D eigenvalue weighted by Crippen LogP contribution is -2.30. The molecule has 32 heavy (non-hydrogen) atoms. The number of hydrogen-bond donors (Lipinski definition) is 0. The molecule has 0 bridgehead atoms. The van der Waals surface area contributed by atoms with Gasteiger partial charge in [0, 0.05) is 5.56 Å². The molecule has 0 aliphatic rings. The number of para-hydroxylation sites is 1. The van der Waals surface area contributed by atoms with Crippen molar-refractivity contribution in [2.45, 2.75) is 6.54 Å². The molecule has 0 aliphatic carbocycles. The summed E-state index contributed by atoms with van der Waals surface area (Å²) in [4.78, 5) is 20.0. The van der Waals surface area contributed by atoms with Crippen LogP contribution < -0.4 is 9.64 Å². The number of amides is 1. The van der Waals surface area contributed by atoms with Crippen molar-refractivity contribution in [2.75, 3.05) is 12.0 Å². The predicted molar refractivity (Wildman–Crippen MR) is 127 cm³/mol. The third kappa shape index (κ3) is 3.88. The molecule has 0 fully saturated rings. The van der Waals surface area contributed by atoms with Crippen LogP contribution in [0, 0.1) is 0 Å². The van der Waals surface area contributed by atoms with E-state index in [4.69, 9.17) is 14.1 Å². The van der Waals surface area contributed by atoms with Crippen molar-refractivity contribution >= 4 is 32.6 Å². The average Bonchev–Trinajstić information content (AvgIpc) is 3.52. The van der Waals surface area contributed by atoms with E-state index in [0.717, 1.165) is 21.3 Å². The second-order valence-electron chi connectivity index (χ2n) is 7.22. The lowest BCUT2D eigenvalue weighted by Gasteiger charge is -2.19. The number of ether oxygens (including phenoxy) is 1. The maximum atomic E-state index is 13.6. The molecule has 6 heteroatoms. The Kier molecular flexibility index (Phi) is 5.44. The van der Waals surface area contributed by atoms with Crippen LogP contribution in [0.3, 0.4) is 0 Å². The number of aromatic nitrogens is 1. The van der Waals surface area contributed by atoms with Gasteiger partial charge in [0.25, 0.3) is 5.91 Å². The summed E-state index contributed by atoms with van der Waals surface area (Å²) in [6.45, 7) is 0.286. The van der Waals surface area contributed by atoms with Gasteiger partial charge < -0.3 is 9.15 Å². The summed E-state index contributed by atoms with van der Waals surface area (Å²) in [5.74, 6) is 1.23. The van der Waals surface area contributed by atoms with E-state index in [1.54, 1.807) is 18.3 Å². The smallest absolute Gasteiger partial charge is 0.260 e. The number of rotatable bonds is 6. The van der Waals surface area contributed by atoms with Gasteiger partial charge in [0.1, 0.15) is 17.0 Å². The molecule has 1 amide bonds. The Hall–Kier alpha value is -3.90. The van der Waals surface area contributed by atoms with Crippen molar-refractivity contribution in [2.24, 2.45) is 0 Å². The topological polar surface area (TPSA) is 55.6 Å². The molecule has 0 radical (unpaired) electrons. The molecule has 0 spiro atoms. The van der Waals surface area contributed by atoms with Crippen LogP contribution in [0.4, 0.5) is 5.13 Å². The number of carbonyl (C=O) groups excluding carboxylic acids is 1. The van der Waals surface area contributed by atoms with E-state index in [1.807, 2.05) is 72.8 Å². The number of thiazole rings is 1. The minimum atomic E-state index is -0.140. The largest absolute Gasteiger partial charge is 0.494 e. The number of carbonyl (C=O) groups is 1. The molecule has 0 unspecified atom stereocenters. The van der Waals surface area contributed by atoms with Crippen LogP contribution in [-0.2, 0) is 6.54 Å². The van der Waals surface area contributed by atoms with Gasteiger partial charge in [0.2, 0.25) is 0 Å². The number of furan rings is 1. The molecule has 2 heterocycles. The quantitative estimate of drug-likeness (QED) is 0.306. The van der Waals surface area contributed by atoms with Crippen LogP contribution in [0.15, 0.2) is 95.6 Å². The summed E-state index contributed by atoms with van der Waals surface area (Å²) in [5.41, 5.74) is 3.50. The second-order valence-corrected chi connectivity index (χ2v) is 8.23. The van der Waals surface area contributed by atoms with Crippen LogP contribution in [0.25, 0.3) is 21.3 Å². The fourth-order valence-electron chi connectivity index (χ4n) is 3.57. The number of nitrogens with zero attached hydrogens (tertiary/aromatic N) is 2. The van der Waals surface area contributed by atoms with E-state index in [1.165, 1.54) is 11.3 Å². The molecule has 5 rings (SSSR count). The van der Waals surface area contributed by atoms with Gasteiger partial charge in [-0.3, -0.25) is 9.69 Å². The molecule has 5 aromatic rings. The van der Waals surface area contributed by atoms with E-state index in [0.29, 0.717) is 22.2 Å². The summed E-state index contributed by atoms with van der Waals surface area (Å²) in [6.07, 6.45) is 1.61. The first-order chi connectivity index (χ1) is 15.7. The Morgan fingerprint density at radius 2 is 1.72 bits per heavy atom. The molecule has 0 saturated carbocycles. The zero-order valence-electron chi connectivity index (χ0n) is 17.4. The first-order valence-corrected chi connectivity index (χ1v) is 11.0. The first-order valence-electron chi connectivity index (χ1n) is 10.2. The minimum absolute atomic E-state index is 0.140. The van der Waals surface area contributed by atoms with Crippen molar-refractivity contribution in [3.8, 4) is 16.9 Å². The van der Waals surface area contributed by atoms with Crippen molar-refractivity contribution in [3.63, 3.8) is 0 Å². The second kappa shape index (κ2) is 8.69. The van der Waals surface area contributed by atoms with Crippen LogP contribution in [0.2, 0.25) is 0 Å². The highest BCUT2D eigenvalue weighted by Crippen LogP contribution is 2.35. The van der Waals surface area contributed by atoms with Crippen LogP contribution in [-0.4, -0.2) is 18.0 Å². The molecule has 0 atom stereocenters. The fourth-order valence-corrected chi connectivity index (χ4v) is 4.55. The number of methoxy groups -OCH3 is 1. The van der Waals surface area contributed by atoms with Crippen molar-refractivity contribution < 1.29 is 13.9 Å². The van der Waals surface area contributed by atoms with Gasteiger partial charge in [-0.1, -0.05) is 59.9 Å². The monoisotopic (exact) mass is 440 g/mol. The SMILES string of the molecule is COc1cccc2sc(N(Cc3ccco3)C(=O)c3ccc(-c4ccccc4)cc3)nc12. The first kappa shape index (κ1) is 20.0. The number of hydrogen-bond acceptors (Lipinski definition) is 5. The maximum absolute atomic E-state index is 13.6. The van der Waals surface area contributed by atoms with Crippen molar-refractivity contribution in [1.29, 1.82) is 0 Å². The molecule has 0 saturated heterocycles. The van der Waals surface area contributed by atoms with Crippen molar-refractivity contribution in [1.82, 2.24) is 4.98 Å². The normalized spacial score (nSPS) is 10.9. The number of fused-ring (bicyclic) bond motifs is 1. The summed E-state index contributed by atoms with van der Waals surface area (Å²) in [7, 11) is 1.62. The third-order valence-corrected chi connectivity index (χ3v) is 6.24. The fraction of sp³-hybridized carbons (Fsp3) is 0.0769. The Labute approximate surface area is 189 Å². The molecular formula is C26H20N2O3S. The maximum Gasteiger partial charge on any atom is 0.260 e. The molecule has 158 valence electrons. The molecule has 5 nitrogen and oxygen atoms in total. The lowest BCUT2D eigenvalue weighted by atomic mass is 10.0. The standard InChI is InChI=1S/C26H20N2O3S/c1-30-22-10-5-11-23-24(22)27-26(32-23)28(17-21-9-6-16-31-21)25(29)20-14-12-19(13-15-20)18-7-3-2-4-8-18/h2-16H,17H2,1H3. The molecular weight excluding hydrogens is 420 g/mol. The lowest BCUT2D eigenvalue weighted by molar-refractivity contribution is 0.0983. The molecule has 0 aliphatic heterocycles. The Morgan fingerprint density at radius 1 is 0.938 bits per heavy atom. The van der Waals surface area contributed by atoms with Gasteiger partial charge in [-0.2, -0.15) is 0 Å². The summed E-state index contributed by atoms with van der Waals surface area (Å²) < 4.78 is 11.9. The van der Waals surface area contributed by atoms with Crippen LogP contribution in [0.1, 0.15) is 16.1 Å². The van der Waals surface area contributed by atoms with E-state index in [2.05, 4.69) is 12.1 Å². The van der Waals surface area contributed by atoms with E-state index < -0.39 is 0 Å². The third-order valence-electron chi connectivity index (χ3n) is 5.20. The summed E-state index contributed by atoms with van der Waals surface area (Å²) in [5, 5.41) is 0.595. The zero-order valence-corrected chi connectivity index (χ0v) is 18.2. The number of anilines is 1. The highest BCUT2D eigenvalue weighted by Gasteiger charge is 2.23. The van der Waals surface area contributed by atoms with Crippen molar-refractivity contribution in [3.05, 3.63) is 103 Å². The summed E-state index contributed by atoms with van der Waals surface area (Å²) >= 11 is 1.45. The van der Waals surface area contributed by atoms with Crippen LogP contribution in [0.5, 0.6) is 5.75 Å². The predicted octanol–water partition coefficient (Wildman–Crippen LogP) is 6.41. The average molecular weight is 441 g/mol.